The second-order valence-corrected chi connectivity index (χ2v) is 7.78. The van der Waals surface area contributed by atoms with E-state index in [-0.39, 0.29) is 10.9 Å². The van der Waals surface area contributed by atoms with Crippen LogP contribution in [0.15, 0.2) is 34.8 Å². The van der Waals surface area contributed by atoms with Gasteiger partial charge in [0.05, 0.1) is 5.25 Å². The molecule has 0 spiro atoms. The number of fused-ring (bicyclic) bond motifs is 1. The van der Waals surface area contributed by atoms with Crippen molar-refractivity contribution in [2.24, 2.45) is 0 Å². The first-order valence-corrected chi connectivity index (χ1v) is 8.94. The highest BCUT2D eigenvalue weighted by atomic mass is 32.2. The summed E-state index contributed by atoms with van der Waals surface area (Å²) in [4.78, 5) is 15.7. The first-order valence-electron chi connectivity index (χ1n) is 7.24. The minimum Gasteiger partial charge on any atom is -0.360 e. The van der Waals surface area contributed by atoms with Gasteiger partial charge in [-0.15, -0.1) is 10.2 Å². The van der Waals surface area contributed by atoms with E-state index in [4.69, 9.17) is 0 Å². The Bertz CT molecular complexity index is 890. The lowest BCUT2D eigenvalue weighted by Gasteiger charge is -2.07. The smallest absolute Gasteiger partial charge is 0.360 e. The third-order valence-corrected chi connectivity index (χ3v) is 5.41. The number of anilines is 1. The molecule has 2 heterocycles. The van der Waals surface area contributed by atoms with Crippen LogP contribution in [0.3, 0.4) is 0 Å². The molecule has 3 aromatic rings. The molecule has 0 aliphatic carbocycles. The molecule has 132 valence electrons. The molecule has 5 nitrogen and oxygen atoms in total. The summed E-state index contributed by atoms with van der Waals surface area (Å²) in [5, 5.41) is 10.1. The van der Waals surface area contributed by atoms with E-state index in [1.54, 1.807) is 13.1 Å². The average Bonchev–Trinajstić information content (AvgIpc) is 3.18. The van der Waals surface area contributed by atoms with Crippen molar-refractivity contribution in [1.29, 1.82) is 0 Å². The van der Waals surface area contributed by atoms with Crippen molar-refractivity contribution >= 4 is 44.9 Å². The summed E-state index contributed by atoms with van der Waals surface area (Å²) in [5.74, 6) is -0.0811. The Balaban J connectivity index is 1.67. The van der Waals surface area contributed by atoms with Gasteiger partial charge in [-0.1, -0.05) is 41.3 Å². The van der Waals surface area contributed by atoms with Crippen molar-refractivity contribution < 1.29 is 18.0 Å². The first kappa shape index (κ1) is 17.7. The van der Waals surface area contributed by atoms with Crippen LogP contribution in [0.2, 0.25) is 0 Å². The molecule has 1 atom stereocenters. The normalized spacial score (nSPS) is 13.1. The zero-order valence-electron chi connectivity index (χ0n) is 12.9. The lowest BCUT2D eigenvalue weighted by molar-refractivity contribution is -0.115. The molecule has 0 amide bonds. The van der Waals surface area contributed by atoms with E-state index in [9.17, 15) is 18.0 Å². The number of para-hydroxylation sites is 1. The number of nitrogens with zero attached hydrogens (tertiary/aromatic N) is 2. The third kappa shape index (κ3) is 4.31. The van der Waals surface area contributed by atoms with Crippen LogP contribution in [0.1, 0.15) is 17.3 Å². The number of H-pyrrole nitrogens is 1. The zero-order valence-corrected chi connectivity index (χ0v) is 14.6. The maximum absolute atomic E-state index is 12.6. The second kappa shape index (κ2) is 7.04. The summed E-state index contributed by atoms with van der Waals surface area (Å²) in [5.41, 5.74) is 1.45. The molecular weight excluding hydrogens is 373 g/mol. The van der Waals surface area contributed by atoms with Crippen LogP contribution < -0.4 is 5.32 Å². The Kier molecular flexibility index (Phi) is 5.00. The van der Waals surface area contributed by atoms with Crippen molar-refractivity contribution in [1.82, 2.24) is 15.2 Å². The molecule has 0 bridgehead atoms. The van der Waals surface area contributed by atoms with E-state index in [1.807, 2.05) is 24.3 Å². The number of benzene rings is 1. The van der Waals surface area contributed by atoms with Crippen LogP contribution in [0.25, 0.3) is 10.9 Å². The number of alkyl halides is 3. The number of Topliss-reactive ketones (excluding diaryl/α,β-unsaturated/α-hetero) is 1. The summed E-state index contributed by atoms with van der Waals surface area (Å²) in [7, 11) is 0. The molecule has 10 heteroatoms. The highest BCUT2D eigenvalue weighted by Crippen LogP contribution is 2.32. The molecule has 2 aromatic heterocycles. The molecule has 1 aromatic carbocycles. The molecule has 0 saturated carbocycles. The van der Waals surface area contributed by atoms with Crippen LogP contribution >= 0.6 is 23.1 Å². The van der Waals surface area contributed by atoms with E-state index in [1.165, 1.54) is 11.8 Å². The molecule has 0 aliphatic rings. The van der Waals surface area contributed by atoms with Gasteiger partial charge in [-0.2, -0.15) is 13.2 Å². The van der Waals surface area contributed by atoms with Gasteiger partial charge in [-0.05, 0) is 13.0 Å². The number of hydrogen-bond donors (Lipinski definition) is 2. The first-order chi connectivity index (χ1) is 11.8. The van der Waals surface area contributed by atoms with Crippen LogP contribution in [-0.2, 0) is 0 Å². The Morgan fingerprint density at radius 2 is 2.12 bits per heavy atom. The predicted molar refractivity (Wildman–Crippen MR) is 92.4 cm³/mol. The van der Waals surface area contributed by atoms with Crippen LogP contribution in [0.4, 0.5) is 18.3 Å². The second-order valence-electron chi connectivity index (χ2n) is 5.21. The molecule has 1 unspecified atom stereocenters. The number of aromatic amines is 1. The Morgan fingerprint density at radius 1 is 1.36 bits per heavy atom. The number of thioether (sulfide) groups is 1. The quantitative estimate of drug-likeness (QED) is 0.487. The number of ketones is 1. The SMILES string of the molecule is CC(Sc1nnc(NCC(F)(F)F)s1)C(=O)c1c[nH]c2ccccc12. The number of rotatable bonds is 6. The highest BCUT2D eigenvalue weighted by Gasteiger charge is 2.27. The number of carbonyl (C=O) groups excluding carboxylic acids is 1. The predicted octanol–water partition coefficient (Wildman–Crippen LogP) is 4.36. The molecule has 0 saturated heterocycles. The summed E-state index contributed by atoms with van der Waals surface area (Å²) in [6, 6.07) is 7.48. The lowest BCUT2D eigenvalue weighted by atomic mass is 10.1. The zero-order chi connectivity index (χ0) is 18.0. The Morgan fingerprint density at radius 3 is 2.88 bits per heavy atom. The van der Waals surface area contributed by atoms with E-state index in [0.717, 1.165) is 22.2 Å². The van der Waals surface area contributed by atoms with Gasteiger partial charge >= 0.3 is 6.18 Å². The topological polar surface area (TPSA) is 70.7 Å². The number of halogens is 3. The van der Waals surface area contributed by atoms with Gasteiger partial charge in [0.15, 0.2) is 10.1 Å². The van der Waals surface area contributed by atoms with Gasteiger partial charge in [0, 0.05) is 22.7 Å². The van der Waals surface area contributed by atoms with E-state index in [2.05, 4.69) is 20.5 Å². The van der Waals surface area contributed by atoms with E-state index in [0.29, 0.717) is 9.90 Å². The largest absolute Gasteiger partial charge is 0.405 e. The molecule has 25 heavy (non-hydrogen) atoms. The summed E-state index contributed by atoms with van der Waals surface area (Å²) >= 11 is 2.16. The number of hydrogen-bond acceptors (Lipinski definition) is 6. The van der Waals surface area contributed by atoms with Crippen LogP contribution in [-0.4, -0.2) is 38.9 Å². The van der Waals surface area contributed by atoms with Gasteiger partial charge in [-0.25, -0.2) is 0 Å². The highest BCUT2D eigenvalue weighted by molar-refractivity contribution is 8.02. The summed E-state index contributed by atoms with van der Waals surface area (Å²) in [6.45, 7) is 0.565. The van der Waals surface area contributed by atoms with Crippen molar-refractivity contribution in [2.45, 2.75) is 22.7 Å². The average molecular weight is 386 g/mol. The van der Waals surface area contributed by atoms with Gasteiger partial charge in [0.1, 0.15) is 6.54 Å². The third-order valence-electron chi connectivity index (χ3n) is 3.35. The Labute approximate surface area is 149 Å². The summed E-state index contributed by atoms with van der Waals surface area (Å²) < 4.78 is 37.0. The van der Waals surface area contributed by atoms with E-state index < -0.39 is 18.0 Å². The fourth-order valence-electron chi connectivity index (χ4n) is 2.20. The van der Waals surface area contributed by atoms with Crippen LogP contribution in [0, 0.1) is 0 Å². The molecule has 2 N–H and O–H groups in total. The molecule has 0 fully saturated rings. The fraction of sp³-hybridized carbons (Fsp3) is 0.267. The molecule has 0 radical (unpaired) electrons. The van der Waals surface area contributed by atoms with Crippen LogP contribution in [0.5, 0.6) is 0 Å². The monoisotopic (exact) mass is 386 g/mol. The van der Waals surface area contributed by atoms with Crippen molar-refractivity contribution in [2.75, 3.05) is 11.9 Å². The molecular formula is C15H13F3N4OS2. The maximum atomic E-state index is 12.6. The number of aromatic nitrogens is 3. The van der Waals surface area contributed by atoms with Gasteiger partial charge in [0.25, 0.3) is 0 Å². The Hall–Kier alpha value is -2.07. The number of nitrogens with one attached hydrogen (secondary N) is 2. The fourth-order valence-corrected chi connectivity index (χ4v) is 4.16. The van der Waals surface area contributed by atoms with Gasteiger partial charge in [0.2, 0.25) is 5.13 Å². The minimum atomic E-state index is -4.32. The van der Waals surface area contributed by atoms with Gasteiger partial charge in [-0.3, -0.25) is 4.79 Å². The molecule has 3 rings (SSSR count). The molecule has 0 aliphatic heterocycles. The maximum Gasteiger partial charge on any atom is 0.405 e. The summed E-state index contributed by atoms with van der Waals surface area (Å²) in [6.07, 6.45) is -2.65. The van der Waals surface area contributed by atoms with Crippen molar-refractivity contribution in [3.8, 4) is 0 Å². The minimum absolute atomic E-state index is 0.0755. The lowest BCUT2D eigenvalue weighted by Crippen LogP contribution is -2.21. The number of carbonyl (C=O) groups is 1. The van der Waals surface area contributed by atoms with Crippen molar-refractivity contribution in [3.63, 3.8) is 0 Å². The van der Waals surface area contributed by atoms with E-state index >= 15 is 0 Å². The van der Waals surface area contributed by atoms with Gasteiger partial charge < -0.3 is 10.3 Å². The standard InChI is InChI=1S/C15H13F3N4OS2/c1-8(12(23)10-6-19-11-5-3-2-4-9(10)11)24-14-22-21-13(25-14)20-7-15(16,17)18/h2-6,8,19H,7H2,1H3,(H,20,21). The van der Waals surface area contributed by atoms with Crippen molar-refractivity contribution in [3.05, 3.63) is 36.0 Å².